The van der Waals surface area contributed by atoms with Gasteiger partial charge in [0.25, 0.3) is 0 Å². The summed E-state index contributed by atoms with van der Waals surface area (Å²) in [6, 6.07) is 2.51. The Bertz CT molecular complexity index is 494. The van der Waals surface area contributed by atoms with Crippen LogP contribution >= 0.6 is 0 Å². The predicted molar refractivity (Wildman–Crippen MR) is 83.4 cm³/mol. The molecule has 2 aliphatic heterocycles. The monoisotopic (exact) mass is 306 g/mol. The van der Waals surface area contributed by atoms with Gasteiger partial charge < -0.3 is 14.5 Å². The molecule has 1 aromatic rings. The molecule has 6 nitrogen and oxygen atoms in total. The Morgan fingerprint density at radius 3 is 2.82 bits per heavy atom. The first-order valence-electron chi connectivity index (χ1n) is 8.17. The maximum absolute atomic E-state index is 11.6. The molecule has 2 aliphatic rings. The molecule has 1 atom stereocenters. The highest BCUT2D eigenvalue weighted by atomic mass is 16.5. The second kappa shape index (κ2) is 6.38. The van der Waals surface area contributed by atoms with Crippen molar-refractivity contribution in [2.24, 2.45) is 0 Å². The van der Waals surface area contributed by atoms with Crippen LogP contribution in [-0.4, -0.2) is 70.4 Å². The molecule has 1 unspecified atom stereocenters. The van der Waals surface area contributed by atoms with Gasteiger partial charge in [0.15, 0.2) is 0 Å². The number of hydrogen-bond donors (Lipinski definition) is 0. The average molecular weight is 306 g/mol. The van der Waals surface area contributed by atoms with E-state index in [2.05, 4.69) is 16.9 Å². The van der Waals surface area contributed by atoms with Crippen molar-refractivity contribution in [2.75, 3.05) is 33.3 Å². The highest BCUT2D eigenvalue weighted by molar-refractivity contribution is 5.78. The van der Waals surface area contributed by atoms with E-state index in [-0.39, 0.29) is 18.1 Å². The van der Waals surface area contributed by atoms with Crippen LogP contribution in [0.1, 0.15) is 26.2 Å². The molecule has 0 aromatic carbocycles. The van der Waals surface area contributed by atoms with Crippen molar-refractivity contribution in [3.05, 3.63) is 18.5 Å². The quantitative estimate of drug-likeness (QED) is 0.832. The highest BCUT2D eigenvalue weighted by Gasteiger charge is 2.41. The third-order valence-electron chi connectivity index (χ3n) is 5.12. The van der Waals surface area contributed by atoms with Crippen molar-refractivity contribution in [3.63, 3.8) is 0 Å². The molecular formula is C16H26N4O2. The summed E-state index contributed by atoms with van der Waals surface area (Å²) < 4.78 is 7.90. The number of hydrogen-bond acceptors (Lipinski definition) is 4. The summed E-state index contributed by atoms with van der Waals surface area (Å²) in [5.74, 6) is 0.0978. The van der Waals surface area contributed by atoms with E-state index in [1.54, 1.807) is 0 Å². The summed E-state index contributed by atoms with van der Waals surface area (Å²) in [5.41, 5.74) is -0.110. The Morgan fingerprint density at radius 2 is 2.18 bits per heavy atom. The second-order valence-corrected chi connectivity index (χ2v) is 6.66. The molecular weight excluding hydrogens is 280 g/mol. The number of aryl methyl sites for hydroxylation is 1. The SMILES string of the molecule is CC(CCn1cccn1)N1CCC2(CC1)CN(C)C(=O)CO2. The molecule has 0 N–H and O–H groups in total. The van der Waals surface area contributed by atoms with Crippen LogP contribution in [0.5, 0.6) is 0 Å². The third kappa shape index (κ3) is 3.33. The zero-order valence-corrected chi connectivity index (χ0v) is 13.6. The van der Waals surface area contributed by atoms with Crippen LogP contribution in [0.3, 0.4) is 0 Å². The van der Waals surface area contributed by atoms with Gasteiger partial charge in [-0.3, -0.25) is 9.48 Å². The second-order valence-electron chi connectivity index (χ2n) is 6.66. The number of likely N-dealkylation sites (N-methyl/N-ethyl adjacent to an activating group) is 1. The van der Waals surface area contributed by atoms with Gasteiger partial charge in [0.1, 0.15) is 6.61 Å². The number of rotatable bonds is 4. The molecule has 0 radical (unpaired) electrons. The molecule has 0 aliphatic carbocycles. The van der Waals surface area contributed by atoms with Crippen LogP contribution in [0, 0.1) is 0 Å². The molecule has 2 saturated heterocycles. The molecule has 2 fully saturated rings. The summed E-state index contributed by atoms with van der Waals surface area (Å²) in [7, 11) is 1.88. The van der Waals surface area contributed by atoms with Gasteiger partial charge in [-0.15, -0.1) is 0 Å². The third-order valence-corrected chi connectivity index (χ3v) is 5.12. The molecule has 0 bridgehead atoms. The Morgan fingerprint density at radius 1 is 1.41 bits per heavy atom. The van der Waals surface area contributed by atoms with E-state index in [9.17, 15) is 4.79 Å². The average Bonchev–Trinajstić information content (AvgIpc) is 3.03. The standard InChI is InChI=1S/C16H26N4O2/c1-14(4-9-20-8-3-7-17-20)19-10-5-16(6-11-19)13-18(2)15(21)12-22-16/h3,7-8,14H,4-6,9-13H2,1-2H3. The van der Waals surface area contributed by atoms with E-state index in [4.69, 9.17) is 4.74 Å². The van der Waals surface area contributed by atoms with E-state index in [1.165, 1.54) is 0 Å². The van der Waals surface area contributed by atoms with Crippen LogP contribution in [-0.2, 0) is 16.1 Å². The number of likely N-dealkylation sites (tertiary alicyclic amines) is 1. The summed E-state index contributed by atoms with van der Waals surface area (Å²) in [5, 5.41) is 4.26. The van der Waals surface area contributed by atoms with Gasteiger partial charge in [-0.2, -0.15) is 5.10 Å². The lowest BCUT2D eigenvalue weighted by Crippen LogP contribution is -2.58. The van der Waals surface area contributed by atoms with Crippen LogP contribution in [0.2, 0.25) is 0 Å². The zero-order chi connectivity index (χ0) is 15.6. The zero-order valence-electron chi connectivity index (χ0n) is 13.6. The number of piperidine rings is 1. The molecule has 0 saturated carbocycles. The molecule has 1 spiro atoms. The van der Waals surface area contributed by atoms with E-state index < -0.39 is 0 Å². The minimum absolute atomic E-state index is 0.0978. The van der Waals surface area contributed by atoms with Crippen molar-refractivity contribution >= 4 is 5.91 Å². The van der Waals surface area contributed by atoms with Crippen LogP contribution in [0.4, 0.5) is 0 Å². The van der Waals surface area contributed by atoms with E-state index in [0.717, 1.165) is 45.4 Å². The minimum atomic E-state index is -0.110. The fourth-order valence-electron chi connectivity index (χ4n) is 3.50. The topological polar surface area (TPSA) is 50.6 Å². The van der Waals surface area contributed by atoms with Gasteiger partial charge in [0.2, 0.25) is 5.91 Å². The number of amides is 1. The van der Waals surface area contributed by atoms with Crippen molar-refractivity contribution in [2.45, 2.75) is 44.4 Å². The highest BCUT2D eigenvalue weighted by Crippen LogP contribution is 2.31. The molecule has 3 rings (SSSR count). The van der Waals surface area contributed by atoms with Gasteiger partial charge in [0, 0.05) is 51.7 Å². The first kappa shape index (κ1) is 15.5. The first-order valence-corrected chi connectivity index (χ1v) is 8.17. The first-order chi connectivity index (χ1) is 10.6. The largest absolute Gasteiger partial charge is 0.363 e. The van der Waals surface area contributed by atoms with Crippen LogP contribution in [0.25, 0.3) is 0 Å². The van der Waals surface area contributed by atoms with Gasteiger partial charge in [0.05, 0.1) is 5.60 Å². The van der Waals surface area contributed by atoms with Crippen LogP contribution < -0.4 is 0 Å². The number of morpholine rings is 1. The molecule has 1 amide bonds. The number of nitrogens with zero attached hydrogens (tertiary/aromatic N) is 4. The number of carbonyl (C=O) groups excluding carboxylic acids is 1. The Kier molecular flexibility index (Phi) is 4.49. The summed E-state index contributed by atoms with van der Waals surface area (Å²) in [6.07, 6.45) is 6.97. The van der Waals surface area contributed by atoms with Crippen molar-refractivity contribution < 1.29 is 9.53 Å². The molecule has 22 heavy (non-hydrogen) atoms. The number of aromatic nitrogens is 2. The molecule has 1 aromatic heterocycles. The van der Waals surface area contributed by atoms with E-state index in [0.29, 0.717) is 6.04 Å². The predicted octanol–water partition coefficient (Wildman–Crippen LogP) is 0.985. The van der Waals surface area contributed by atoms with Gasteiger partial charge >= 0.3 is 0 Å². The number of carbonyl (C=O) groups is 1. The number of ether oxygens (including phenoxy) is 1. The minimum Gasteiger partial charge on any atom is -0.363 e. The fraction of sp³-hybridized carbons (Fsp3) is 0.750. The Balaban J connectivity index is 1.47. The summed E-state index contributed by atoms with van der Waals surface area (Å²) in [6.45, 7) is 6.32. The van der Waals surface area contributed by atoms with Crippen LogP contribution in [0.15, 0.2) is 18.5 Å². The molecule has 122 valence electrons. The molecule has 3 heterocycles. The summed E-state index contributed by atoms with van der Waals surface area (Å²) >= 11 is 0. The Hall–Kier alpha value is -1.40. The lowest BCUT2D eigenvalue weighted by atomic mass is 9.88. The lowest BCUT2D eigenvalue weighted by molar-refractivity contribution is -0.169. The van der Waals surface area contributed by atoms with Gasteiger partial charge in [-0.1, -0.05) is 0 Å². The lowest BCUT2D eigenvalue weighted by Gasteiger charge is -2.47. The van der Waals surface area contributed by atoms with Crippen molar-refractivity contribution in [1.29, 1.82) is 0 Å². The molecule has 6 heteroatoms. The van der Waals surface area contributed by atoms with E-state index >= 15 is 0 Å². The maximum atomic E-state index is 11.6. The van der Waals surface area contributed by atoms with Gasteiger partial charge in [-0.05, 0) is 32.3 Å². The van der Waals surface area contributed by atoms with Gasteiger partial charge in [-0.25, -0.2) is 0 Å². The van der Waals surface area contributed by atoms with Crippen molar-refractivity contribution in [3.8, 4) is 0 Å². The Labute approximate surface area is 132 Å². The van der Waals surface area contributed by atoms with Crippen molar-refractivity contribution in [1.82, 2.24) is 19.6 Å². The fourth-order valence-corrected chi connectivity index (χ4v) is 3.50. The smallest absolute Gasteiger partial charge is 0.248 e. The maximum Gasteiger partial charge on any atom is 0.248 e. The summed E-state index contributed by atoms with van der Waals surface area (Å²) in [4.78, 5) is 15.9. The normalized spacial score (nSPS) is 23.9. The van der Waals surface area contributed by atoms with E-state index in [1.807, 2.05) is 35.1 Å².